The van der Waals surface area contributed by atoms with Crippen molar-refractivity contribution in [2.45, 2.75) is 32.7 Å². The van der Waals surface area contributed by atoms with Gasteiger partial charge in [0.2, 0.25) is 5.91 Å². The molecule has 0 saturated heterocycles. The Balaban J connectivity index is 2.57. The minimum atomic E-state index is -0.885. The van der Waals surface area contributed by atoms with Crippen LogP contribution < -0.4 is 5.32 Å². The molecule has 0 radical (unpaired) electrons. The number of benzene rings is 1. The molecule has 1 amide bonds. The van der Waals surface area contributed by atoms with Gasteiger partial charge < -0.3 is 10.4 Å². The Morgan fingerprint density at radius 3 is 2.50 bits per heavy atom. The molecule has 2 N–H and O–H groups in total. The van der Waals surface area contributed by atoms with Crippen molar-refractivity contribution in [1.82, 2.24) is 5.32 Å². The van der Waals surface area contributed by atoms with Gasteiger partial charge in [-0.25, -0.2) is 4.39 Å². The van der Waals surface area contributed by atoms with E-state index in [1.54, 1.807) is 32.1 Å². The Morgan fingerprint density at radius 2 is 1.95 bits per heavy atom. The molecular formula is C15H18FNO3. The molecule has 0 fully saturated rings. The molecule has 4 nitrogen and oxygen atoms in total. The Bertz CT molecular complexity index is 508. The summed E-state index contributed by atoms with van der Waals surface area (Å²) in [6.07, 6.45) is 2.05. The number of carboxylic acid groups (broad SMARTS) is 1. The third-order valence-electron chi connectivity index (χ3n) is 2.78. The van der Waals surface area contributed by atoms with Crippen LogP contribution in [0.1, 0.15) is 32.3 Å². The van der Waals surface area contributed by atoms with Crippen LogP contribution in [0.3, 0.4) is 0 Å². The van der Waals surface area contributed by atoms with Gasteiger partial charge in [0.25, 0.3) is 0 Å². The highest BCUT2D eigenvalue weighted by Gasteiger charge is 2.10. The summed E-state index contributed by atoms with van der Waals surface area (Å²) in [6.45, 7) is 3.41. The van der Waals surface area contributed by atoms with Crippen molar-refractivity contribution in [3.8, 4) is 0 Å². The second-order valence-corrected chi connectivity index (χ2v) is 4.69. The van der Waals surface area contributed by atoms with E-state index in [4.69, 9.17) is 5.11 Å². The standard InChI is InChI=1S/C15H18FNO3/c1-10(9-12-4-6-13(16)7-5-12)15(20)17-11(2)3-8-14(18)19/h4-7,9,11H,3,8H2,1-2H3,(H,17,20)(H,18,19)/b10-9+. The molecule has 5 heteroatoms. The van der Waals surface area contributed by atoms with Gasteiger partial charge in [0.15, 0.2) is 0 Å². The van der Waals surface area contributed by atoms with Gasteiger partial charge >= 0.3 is 5.97 Å². The number of carboxylic acids is 1. The average molecular weight is 279 g/mol. The second-order valence-electron chi connectivity index (χ2n) is 4.69. The molecule has 0 saturated carbocycles. The van der Waals surface area contributed by atoms with E-state index in [-0.39, 0.29) is 24.2 Å². The number of halogens is 1. The minimum Gasteiger partial charge on any atom is -0.481 e. The zero-order chi connectivity index (χ0) is 15.1. The van der Waals surface area contributed by atoms with E-state index in [0.29, 0.717) is 12.0 Å². The van der Waals surface area contributed by atoms with E-state index in [2.05, 4.69) is 5.32 Å². The fourth-order valence-corrected chi connectivity index (χ4v) is 1.62. The third-order valence-corrected chi connectivity index (χ3v) is 2.78. The third kappa shape index (κ3) is 5.65. The van der Waals surface area contributed by atoms with Crippen molar-refractivity contribution in [1.29, 1.82) is 0 Å². The van der Waals surface area contributed by atoms with Crippen molar-refractivity contribution in [2.75, 3.05) is 0 Å². The van der Waals surface area contributed by atoms with E-state index in [1.807, 2.05) is 0 Å². The van der Waals surface area contributed by atoms with Crippen LogP contribution in [0.4, 0.5) is 4.39 Å². The highest BCUT2D eigenvalue weighted by atomic mass is 19.1. The lowest BCUT2D eigenvalue weighted by molar-refractivity contribution is -0.137. The van der Waals surface area contributed by atoms with E-state index < -0.39 is 5.97 Å². The van der Waals surface area contributed by atoms with Gasteiger partial charge in [-0.15, -0.1) is 0 Å². The Morgan fingerprint density at radius 1 is 1.35 bits per heavy atom. The molecule has 0 aliphatic carbocycles. The number of aliphatic carboxylic acids is 1. The maximum Gasteiger partial charge on any atom is 0.303 e. The van der Waals surface area contributed by atoms with E-state index in [0.717, 1.165) is 5.56 Å². The topological polar surface area (TPSA) is 66.4 Å². The molecule has 20 heavy (non-hydrogen) atoms. The van der Waals surface area contributed by atoms with Crippen LogP contribution in [0.15, 0.2) is 29.8 Å². The largest absolute Gasteiger partial charge is 0.481 e. The van der Waals surface area contributed by atoms with Crippen LogP contribution in [0.5, 0.6) is 0 Å². The summed E-state index contributed by atoms with van der Waals surface area (Å²) in [7, 11) is 0. The molecule has 0 aliphatic heterocycles. The molecule has 1 aromatic rings. The highest BCUT2D eigenvalue weighted by Crippen LogP contribution is 2.09. The molecule has 1 aromatic carbocycles. The normalized spacial score (nSPS) is 12.8. The number of rotatable bonds is 6. The fraction of sp³-hybridized carbons (Fsp3) is 0.333. The molecule has 0 aromatic heterocycles. The maximum atomic E-state index is 12.8. The lowest BCUT2D eigenvalue weighted by atomic mass is 10.1. The summed E-state index contributed by atoms with van der Waals surface area (Å²) in [5.41, 5.74) is 1.22. The van der Waals surface area contributed by atoms with Crippen LogP contribution in [0.25, 0.3) is 6.08 Å². The van der Waals surface area contributed by atoms with Gasteiger partial charge in [-0.05, 0) is 44.0 Å². The fourth-order valence-electron chi connectivity index (χ4n) is 1.62. The van der Waals surface area contributed by atoms with Crippen LogP contribution in [-0.4, -0.2) is 23.0 Å². The lowest BCUT2D eigenvalue weighted by Crippen LogP contribution is -2.33. The number of amides is 1. The number of hydrogen-bond donors (Lipinski definition) is 2. The summed E-state index contributed by atoms with van der Waals surface area (Å²) < 4.78 is 12.8. The van der Waals surface area contributed by atoms with Crippen molar-refractivity contribution < 1.29 is 19.1 Å². The maximum absolute atomic E-state index is 12.8. The molecule has 0 aliphatic rings. The summed E-state index contributed by atoms with van der Waals surface area (Å²) in [5, 5.41) is 11.3. The first-order valence-electron chi connectivity index (χ1n) is 6.35. The molecule has 0 heterocycles. The molecule has 0 bridgehead atoms. The second kappa shape index (κ2) is 7.43. The van der Waals surface area contributed by atoms with Crippen LogP contribution in [0, 0.1) is 5.82 Å². The summed E-state index contributed by atoms with van der Waals surface area (Å²) in [5.74, 6) is -1.47. The lowest BCUT2D eigenvalue weighted by Gasteiger charge is -2.13. The molecule has 1 rings (SSSR count). The van der Waals surface area contributed by atoms with E-state index in [9.17, 15) is 14.0 Å². The summed E-state index contributed by atoms with van der Waals surface area (Å²) in [4.78, 5) is 22.3. The first-order chi connectivity index (χ1) is 9.38. The molecule has 0 spiro atoms. The van der Waals surface area contributed by atoms with Gasteiger partial charge in [-0.2, -0.15) is 0 Å². The minimum absolute atomic E-state index is 0.0160. The molecule has 108 valence electrons. The van der Waals surface area contributed by atoms with Gasteiger partial charge in [0.1, 0.15) is 5.82 Å². The highest BCUT2D eigenvalue weighted by molar-refractivity contribution is 5.97. The predicted octanol–water partition coefficient (Wildman–Crippen LogP) is 2.60. The van der Waals surface area contributed by atoms with E-state index >= 15 is 0 Å². The van der Waals surface area contributed by atoms with E-state index in [1.165, 1.54) is 12.1 Å². The zero-order valence-corrected chi connectivity index (χ0v) is 11.5. The Hall–Kier alpha value is -2.17. The van der Waals surface area contributed by atoms with Crippen LogP contribution in [-0.2, 0) is 9.59 Å². The Kier molecular flexibility index (Phi) is 5.90. The SMILES string of the molecule is C/C(=C\c1ccc(F)cc1)C(=O)NC(C)CCC(=O)O. The number of carbonyl (C=O) groups excluding carboxylic acids is 1. The molecule has 1 atom stereocenters. The van der Waals surface area contributed by atoms with Gasteiger partial charge in [-0.1, -0.05) is 12.1 Å². The van der Waals surface area contributed by atoms with Crippen LogP contribution in [0.2, 0.25) is 0 Å². The first kappa shape index (κ1) is 15.9. The van der Waals surface area contributed by atoms with Crippen LogP contribution >= 0.6 is 0 Å². The van der Waals surface area contributed by atoms with Crippen molar-refractivity contribution in [3.05, 3.63) is 41.2 Å². The number of carbonyl (C=O) groups is 2. The van der Waals surface area contributed by atoms with Crippen molar-refractivity contribution in [2.24, 2.45) is 0 Å². The van der Waals surface area contributed by atoms with Gasteiger partial charge in [0, 0.05) is 18.0 Å². The quantitative estimate of drug-likeness (QED) is 0.787. The zero-order valence-electron chi connectivity index (χ0n) is 11.5. The smallest absolute Gasteiger partial charge is 0.303 e. The number of nitrogens with one attached hydrogen (secondary N) is 1. The van der Waals surface area contributed by atoms with Crippen molar-refractivity contribution >= 4 is 18.0 Å². The summed E-state index contributed by atoms with van der Waals surface area (Å²) >= 11 is 0. The first-order valence-corrected chi connectivity index (χ1v) is 6.35. The predicted molar refractivity (Wildman–Crippen MR) is 74.5 cm³/mol. The number of hydrogen-bond acceptors (Lipinski definition) is 2. The monoisotopic (exact) mass is 279 g/mol. The average Bonchev–Trinajstić information content (AvgIpc) is 2.39. The van der Waals surface area contributed by atoms with Gasteiger partial charge in [0.05, 0.1) is 0 Å². The molecular weight excluding hydrogens is 261 g/mol. The Labute approximate surface area is 117 Å². The summed E-state index contributed by atoms with van der Waals surface area (Å²) in [6, 6.07) is 5.61. The molecule has 1 unspecified atom stereocenters. The van der Waals surface area contributed by atoms with Gasteiger partial charge in [-0.3, -0.25) is 9.59 Å². The van der Waals surface area contributed by atoms with Crippen molar-refractivity contribution in [3.63, 3.8) is 0 Å².